The summed E-state index contributed by atoms with van der Waals surface area (Å²) in [5.74, 6) is -0.657. The summed E-state index contributed by atoms with van der Waals surface area (Å²) in [5.41, 5.74) is 0.579. The number of nitrogens with zero attached hydrogens (tertiary/aromatic N) is 3. The predicted octanol–water partition coefficient (Wildman–Crippen LogP) is 0.952. The summed E-state index contributed by atoms with van der Waals surface area (Å²) in [6, 6.07) is 0. The first-order chi connectivity index (χ1) is 9.59. The molecule has 1 aromatic rings. The summed E-state index contributed by atoms with van der Waals surface area (Å²) in [4.78, 5) is 13.7. The number of aromatic nitrogens is 2. The quantitative estimate of drug-likeness (QED) is 0.811. The van der Waals surface area contributed by atoms with Crippen LogP contribution in [0.5, 0.6) is 0 Å². The maximum absolute atomic E-state index is 11.4. The number of aliphatic carboxylic acids is 1. The zero-order valence-corrected chi connectivity index (χ0v) is 12.0. The number of aliphatic hydroxyl groups excluding tert-OH is 1. The lowest BCUT2D eigenvalue weighted by molar-refractivity contribution is -0.152. The molecule has 0 saturated carbocycles. The molecule has 0 amide bonds. The molecular weight excluding hydrogens is 258 g/mol. The molecule has 1 aromatic heterocycles. The third-order valence-corrected chi connectivity index (χ3v) is 4.37. The number of likely N-dealkylation sites (tertiary alicyclic amines) is 1. The monoisotopic (exact) mass is 281 g/mol. The predicted molar refractivity (Wildman–Crippen MR) is 74.2 cm³/mol. The second-order valence-corrected chi connectivity index (χ2v) is 5.55. The third kappa shape index (κ3) is 3.19. The normalized spacial score (nSPS) is 19.1. The molecule has 1 fully saturated rings. The molecule has 1 aliphatic rings. The lowest BCUT2D eigenvalue weighted by Crippen LogP contribution is -2.43. The molecule has 6 heteroatoms. The van der Waals surface area contributed by atoms with Crippen LogP contribution in [0.25, 0.3) is 0 Å². The molecule has 0 unspecified atom stereocenters. The van der Waals surface area contributed by atoms with E-state index in [1.165, 1.54) is 0 Å². The Labute approximate surface area is 119 Å². The minimum atomic E-state index is -0.657. The van der Waals surface area contributed by atoms with Gasteiger partial charge in [-0.05, 0) is 32.4 Å². The Balaban J connectivity index is 1.89. The van der Waals surface area contributed by atoms with Crippen LogP contribution in [0.2, 0.25) is 0 Å². The minimum absolute atomic E-state index is 0.0858. The van der Waals surface area contributed by atoms with Crippen LogP contribution < -0.4 is 0 Å². The molecule has 0 atom stereocenters. The van der Waals surface area contributed by atoms with E-state index >= 15 is 0 Å². The highest BCUT2D eigenvalue weighted by atomic mass is 16.4. The maximum atomic E-state index is 11.4. The Morgan fingerprint density at radius 3 is 2.70 bits per heavy atom. The Morgan fingerprint density at radius 2 is 2.15 bits per heavy atom. The highest BCUT2D eigenvalue weighted by Crippen LogP contribution is 2.35. The second kappa shape index (κ2) is 6.37. The molecule has 2 heterocycles. The fraction of sp³-hybridized carbons (Fsp3) is 0.714. The van der Waals surface area contributed by atoms with Crippen LogP contribution in [0.1, 0.15) is 31.7 Å². The van der Waals surface area contributed by atoms with Crippen LogP contribution in [0, 0.1) is 5.41 Å². The summed E-state index contributed by atoms with van der Waals surface area (Å²) in [7, 11) is 0. The van der Waals surface area contributed by atoms with Gasteiger partial charge in [0, 0.05) is 18.3 Å². The molecule has 0 spiro atoms. The van der Waals surface area contributed by atoms with Gasteiger partial charge in [0.05, 0.1) is 24.8 Å². The Bertz CT molecular complexity index is 450. The smallest absolute Gasteiger partial charge is 0.309 e. The van der Waals surface area contributed by atoms with Gasteiger partial charge in [-0.2, -0.15) is 5.10 Å². The van der Waals surface area contributed by atoms with Crippen molar-refractivity contribution in [2.75, 3.05) is 19.7 Å². The van der Waals surface area contributed by atoms with Crippen molar-refractivity contribution in [3.05, 3.63) is 18.0 Å². The molecule has 2 rings (SSSR count). The topological polar surface area (TPSA) is 78.6 Å². The van der Waals surface area contributed by atoms with Crippen molar-refractivity contribution in [1.29, 1.82) is 0 Å². The van der Waals surface area contributed by atoms with Crippen molar-refractivity contribution in [2.45, 2.75) is 39.3 Å². The highest BCUT2D eigenvalue weighted by molar-refractivity contribution is 5.74. The van der Waals surface area contributed by atoms with Gasteiger partial charge in [-0.3, -0.25) is 14.4 Å². The van der Waals surface area contributed by atoms with Gasteiger partial charge in [-0.25, -0.2) is 0 Å². The van der Waals surface area contributed by atoms with Crippen LogP contribution in [-0.2, 0) is 17.9 Å². The Morgan fingerprint density at radius 1 is 1.45 bits per heavy atom. The molecular formula is C14H23N3O3. The van der Waals surface area contributed by atoms with E-state index in [0.717, 1.165) is 25.2 Å². The van der Waals surface area contributed by atoms with Gasteiger partial charge >= 0.3 is 5.97 Å². The van der Waals surface area contributed by atoms with Crippen LogP contribution in [0.4, 0.5) is 0 Å². The van der Waals surface area contributed by atoms with Crippen LogP contribution in [0.15, 0.2) is 12.4 Å². The number of carboxylic acids is 1. The van der Waals surface area contributed by atoms with Gasteiger partial charge in [0.1, 0.15) is 0 Å². The summed E-state index contributed by atoms with van der Waals surface area (Å²) in [6.45, 7) is 4.98. The van der Waals surface area contributed by atoms with Crippen LogP contribution in [-0.4, -0.2) is 50.6 Å². The zero-order valence-electron chi connectivity index (χ0n) is 12.0. The lowest BCUT2D eigenvalue weighted by Gasteiger charge is -2.38. The second-order valence-electron chi connectivity index (χ2n) is 5.55. The number of carboxylic acid groups (broad SMARTS) is 1. The summed E-state index contributed by atoms with van der Waals surface area (Å²) >= 11 is 0. The van der Waals surface area contributed by atoms with E-state index in [9.17, 15) is 9.90 Å². The number of piperidine rings is 1. The first-order valence-electron chi connectivity index (χ1n) is 7.17. The average molecular weight is 281 g/mol. The van der Waals surface area contributed by atoms with Crippen molar-refractivity contribution in [2.24, 2.45) is 5.41 Å². The van der Waals surface area contributed by atoms with Gasteiger partial charge in [0.15, 0.2) is 0 Å². The molecule has 1 saturated heterocycles. The van der Waals surface area contributed by atoms with Gasteiger partial charge in [-0.1, -0.05) is 6.92 Å². The van der Waals surface area contributed by atoms with Crippen molar-refractivity contribution >= 4 is 5.97 Å². The van der Waals surface area contributed by atoms with Gasteiger partial charge in [0.25, 0.3) is 0 Å². The van der Waals surface area contributed by atoms with E-state index < -0.39 is 11.4 Å². The molecule has 0 aromatic carbocycles. The molecule has 20 heavy (non-hydrogen) atoms. The van der Waals surface area contributed by atoms with E-state index in [2.05, 4.69) is 10.00 Å². The van der Waals surface area contributed by atoms with E-state index in [4.69, 9.17) is 5.11 Å². The fourth-order valence-corrected chi connectivity index (χ4v) is 2.83. The van der Waals surface area contributed by atoms with Crippen molar-refractivity contribution < 1.29 is 15.0 Å². The van der Waals surface area contributed by atoms with Crippen molar-refractivity contribution in [3.8, 4) is 0 Å². The fourth-order valence-electron chi connectivity index (χ4n) is 2.83. The molecule has 0 radical (unpaired) electrons. The number of aliphatic hydroxyl groups is 1. The molecule has 6 nitrogen and oxygen atoms in total. The SMILES string of the molecule is CCC1(C(=O)O)CCN(Cc2cnn(CCO)c2)CC1. The van der Waals surface area contributed by atoms with Crippen LogP contribution >= 0.6 is 0 Å². The lowest BCUT2D eigenvalue weighted by atomic mass is 9.76. The standard InChI is InChI=1S/C14H23N3O3/c1-2-14(13(19)20)3-5-16(6-4-14)10-12-9-15-17(11-12)7-8-18/h9,11,18H,2-8,10H2,1H3,(H,19,20). The Kier molecular flexibility index (Phi) is 4.77. The van der Waals surface area contributed by atoms with Crippen molar-refractivity contribution in [1.82, 2.24) is 14.7 Å². The molecule has 1 aliphatic heterocycles. The minimum Gasteiger partial charge on any atom is -0.481 e. The van der Waals surface area contributed by atoms with E-state index in [0.29, 0.717) is 25.8 Å². The van der Waals surface area contributed by atoms with Crippen molar-refractivity contribution in [3.63, 3.8) is 0 Å². The van der Waals surface area contributed by atoms with Gasteiger partial charge in [0.2, 0.25) is 0 Å². The summed E-state index contributed by atoms with van der Waals surface area (Å²) in [5, 5.41) is 22.4. The molecule has 112 valence electrons. The summed E-state index contributed by atoms with van der Waals surface area (Å²) < 4.78 is 1.73. The number of carbonyl (C=O) groups is 1. The van der Waals surface area contributed by atoms with E-state index in [1.54, 1.807) is 4.68 Å². The summed E-state index contributed by atoms with van der Waals surface area (Å²) in [6.07, 6.45) is 5.88. The number of rotatable bonds is 6. The van der Waals surface area contributed by atoms with E-state index in [1.807, 2.05) is 19.3 Å². The number of hydrogen-bond acceptors (Lipinski definition) is 4. The van der Waals surface area contributed by atoms with Gasteiger partial charge < -0.3 is 10.2 Å². The zero-order chi connectivity index (χ0) is 14.6. The average Bonchev–Trinajstić information content (AvgIpc) is 2.87. The van der Waals surface area contributed by atoms with Gasteiger partial charge in [-0.15, -0.1) is 0 Å². The largest absolute Gasteiger partial charge is 0.481 e. The first-order valence-corrected chi connectivity index (χ1v) is 7.17. The first kappa shape index (κ1) is 15.0. The van der Waals surface area contributed by atoms with Crippen LogP contribution in [0.3, 0.4) is 0 Å². The maximum Gasteiger partial charge on any atom is 0.309 e. The highest BCUT2D eigenvalue weighted by Gasteiger charge is 2.39. The van der Waals surface area contributed by atoms with E-state index in [-0.39, 0.29) is 6.61 Å². The third-order valence-electron chi connectivity index (χ3n) is 4.37. The molecule has 0 bridgehead atoms. The Hall–Kier alpha value is -1.40. The number of hydrogen-bond donors (Lipinski definition) is 2. The molecule has 0 aliphatic carbocycles. The molecule has 2 N–H and O–H groups in total.